The van der Waals surface area contributed by atoms with Crippen molar-refractivity contribution in [1.29, 1.82) is 10.5 Å². The number of hydrogen-bond donors (Lipinski definition) is 0. The minimum Gasteiger partial charge on any atom is -0.302 e. The molecule has 0 fully saturated rings. The van der Waals surface area contributed by atoms with Crippen LogP contribution in [0.3, 0.4) is 0 Å². The van der Waals surface area contributed by atoms with Crippen LogP contribution in [0, 0.1) is 32.8 Å². The number of nitro groups is 1. The number of halogens is 1. The second-order valence-electron chi connectivity index (χ2n) is 5.92. The van der Waals surface area contributed by atoms with Crippen LogP contribution in [0.25, 0.3) is 17.5 Å². The number of nitriles is 2. The molecular formula is C20H13ClN6O2S. The number of allylic oxidation sites excluding steroid dienone is 1. The Balaban J connectivity index is 2.07. The van der Waals surface area contributed by atoms with Crippen LogP contribution in [0.1, 0.15) is 12.5 Å². The average Bonchev–Trinajstić information content (AvgIpc) is 3.15. The van der Waals surface area contributed by atoms with E-state index in [1.54, 1.807) is 30.3 Å². The number of nitro benzene ring substituents is 1. The van der Waals surface area contributed by atoms with Crippen LogP contribution in [0.15, 0.2) is 58.1 Å². The lowest BCUT2D eigenvalue weighted by molar-refractivity contribution is -0.384. The monoisotopic (exact) mass is 436 g/mol. The highest BCUT2D eigenvalue weighted by Crippen LogP contribution is 2.35. The second-order valence-corrected chi connectivity index (χ2v) is 7.37. The van der Waals surface area contributed by atoms with Gasteiger partial charge in [0.25, 0.3) is 5.69 Å². The van der Waals surface area contributed by atoms with Crippen LogP contribution in [-0.2, 0) is 6.54 Å². The molecule has 0 aliphatic heterocycles. The molecule has 0 saturated carbocycles. The molecule has 30 heavy (non-hydrogen) atoms. The maximum atomic E-state index is 11.1. The van der Waals surface area contributed by atoms with Crippen molar-refractivity contribution >= 4 is 35.1 Å². The average molecular weight is 437 g/mol. The van der Waals surface area contributed by atoms with Crippen molar-refractivity contribution in [3.8, 4) is 23.5 Å². The maximum Gasteiger partial charge on any atom is 0.270 e. The van der Waals surface area contributed by atoms with Crippen molar-refractivity contribution in [3.05, 3.63) is 68.7 Å². The third-order valence-corrected chi connectivity index (χ3v) is 5.37. The Labute approximate surface area is 181 Å². The van der Waals surface area contributed by atoms with Gasteiger partial charge in [0.1, 0.15) is 17.7 Å². The number of nitrogens with zero attached hydrogens (tertiary/aromatic N) is 6. The van der Waals surface area contributed by atoms with E-state index in [1.807, 2.05) is 23.6 Å². The molecule has 0 unspecified atom stereocenters. The van der Waals surface area contributed by atoms with Crippen molar-refractivity contribution < 1.29 is 4.92 Å². The van der Waals surface area contributed by atoms with Gasteiger partial charge >= 0.3 is 0 Å². The minimum absolute atomic E-state index is 0.141. The molecule has 3 aromatic rings. The van der Waals surface area contributed by atoms with Gasteiger partial charge in [-0.2, -0.15) is 10.5 Å². The number of benzene rings is 2. The summed E-state index contributed by atoms with van der Waals surface area (Å²) in [4.78, 5) is 11.2. The first-order valence-corrected chi connectivity index (χ1v) is 9.83. The summed E-state index contributed by atoms with van der Waals surface area (Å²) < 4.78 is 1.89. The lowest BCUT2D eigenvalue weighted by Crippen LogP contribution is -2.00. The van der Waals surface area contributed by atoms with Gasteiger partial charge in [0.2, 0.25) is 0 Å². The zero-order chi connectivity index (χ0) is 21.7. The Kier molecular flexibility index (Phi) is 6.48. The van der Waals surface area contributed by atoms with E-state index in [0.717, 1.165) is 5.56 Å². The van der Waals surface area contributed by atoms with Crippen molar-refractivity contribution in [2.75, 3.05) is 0 Å². The molecule has 1 heterocycles. The third kappa shape index (κ3) is 4.49. The molecular weight excluding hydrogens is 424 g/mol. The molecule has 1 aromatic heterocycles. The van der Waals surface area contributed by atoms with Gasteiger partial charge in [-0.05, 0) is 48.5 Å². The van der Waals surface area contributed by atoms with Crippen LogP contribution < -0.4 is 0 Å². The van der Waals surface area contributed by atoms with Crippen LogP contribution >= 0.6 is 23.4 Å². The van der Waals surface area contributed by atoms with Crippen molar-refractivity contribution in [1.82, 2.24) is 14.8 Å². The predicted octanol–water partition coefficient (Wildman–Crippen LogP) is 5.11. The summed E-state index contributed by atoms with van der Waals surface area (Å²) in [7, 11) is 0. The summed E-state index contributed by atoms with van der Waals surface area (Å²) in [6.07, 6.45) is 1.32. The third-order valence-electron chi connectivity index (χ3n) is 4.06. The lowest BCUT2D eigenvalue weighted by atomic mass is 10.1. The van der Waals surface area contributed by atoms with Crippen LogP contribution in [-0.4, -0.2) is 19.7 Å². The first-order valence-electron chi connectivity index (χ1n) is 8.64. The molecule has 10 heteroatoms. The Morgan fingerprint density at radius 1 is 1.27 bits per heavy atom. The molecule has 0 aliphatic carbocycles. The van der Waals surface area contributed by atoms with Crippen LogP contribution in [0.5, 0.6) is 0 Å². The fourth-order valence-corrected chi connectivity index (χ4v) is 3.86. The number of aromatic nitrogens is 3. The van der Waals surface area contributed by atoms with E-state index in [0.29, 0.717) is 33.0 Å². The summed E-state index contributed by atoms with van der Waals surface area (Å²) in [6, 6.07) is 15.0. The van der Waals surface area contributed by atoms with Gasteiger partial charge in [0, 0.05) is 34.2 Å². The summed E-state index contributed by atoms with van der Waals surface area (Å²) in [6.45, 7) is 2.53. The Morgan fingerprint density at radius 3 is 2.67 bits per heavy atom. The van der Waals surface area contributed by atoms with Crippen molar-refractivity contribution in [2.24, 2.45) is 0 Å². The molecule has 0 atom stereocenters. The molecule has 3 rings (SSSR count). The highest BCUT2D eigenvalue weighted by molar-refractivity contribution is 7.99. The number of non-ortho nitro benzene ring substituents is 1. The molecule has 0 amide bonds. The van der Waals surface area contributed by atoms with Crippen molar-refractivity contribution in [2.45, 2.75) is 23.5 Å². The van der Waals surface area contributed by atoms with Gasteiger partial charge in [-0.25, -0.2) is 0 Å². The first-order chi connectivity index (χ1) is 14.5. The van der Waals surface area contributed by atoms with E-state index in [-0.39, 0.29) is 11.3 Å². The normalized spacial score (nSPS) is 10.1. The fraction of sp³-hybridized carbons (Fsp3) is 0.100. The Morgan fingerprint density at radius 2 is 2.03 bits per heavy atom. The topological polar surface area (TPSA) is 121 Å². The summed E-state index contributed by atoms with van der Waals surface area (Å²) in [5, 5.41) is 38.9. The van der Waals surface area contributed by atoms with Gasteiger partial charge in [-0.1, -0.05) is 23.7 Å². The highest BCUT2D eigenvalue weighted by Gasteiger charge is 2.17. The second kappa shape index (κ2) is 9.23. The number of rotatable bonds is 6. The molecule has 0 N–H and O–H groups in total. The van der Waals surface area contributed by atoms with Gasteiger partial charge < -0.3 is 4.57 Å². The molecule has 148 valence electrons. The van der Waals surface area contributed by atoms with Gasteiger partial charge in [0.15, 0.2) is 11.0 Å². The zero-order valence-corrected chi connectivity index (χ0v) is 17.2. The van der Waals surface area contributed by atoms with E-state index in [1.165, 1.54) is 30.0 Å². The molecule has 0 radical (unpaired) electrons. The quantitative estimate of drug-likeness (QED) is 0.299. The highest BCUT2D eigenvalue weighted by atomic mass is 35.5. The lowest BCUT2D eigenvalue weighted by Gasteiger charge is -2.09. The maximum absolute atomic E-state index is 11.1. The largest absolute Gasteiger partial charge is 0.302 e. The molecule has 0 aliphatic rings. The SMILES string of the molecule is CCn1c(Sc2ccc([N+](=O)[O-])cc2C=C(C#N)C#N)nnc1-c1cccc(Cl)c1. The smallest absolute Gasteiger partial charge is 0.270 e. The number of hydrogen-bond acceptors (Lipinski definition) is 7. The summed E-state index contributed by atoms with van der Waals surface area (Å²) >= 11 is 7.33. The summed E-state index contributed by atoms with van der Waals surface area (Å²) in [5.74, 6) is 0.635. The van der Waals surface area contributed by atoms with Crippen LogP contribution in [0.4, 0.5) is 5.69 Å². The van der Waals surface area contributed by atoms with Crippen molar-refractivity contribution in [3.63, 3.8) is 0 Å². The molecule has 2 aromatic carbocycles. The van der Waals surface area contributed by atoms with E-state index in [2.05, 4.69) is 10.2 Å². The van der Waals surface area contributed by atoms with E-state index in [4.69, 9.17) is 22.1 Å². The predicted molar refractivity (Wildman–Crippen MR) is 113 cm³/mol. The Hall–Kier alpha value is -3.66. The Bertz CT molecular complexity index is 1220. The van der Waals surface area contributed by atoms with E-state index in [9.17, 15) is 10.1 Å². The molecule has 0 bridgehead atoms. The standard InChI is InChI=1S/C20H13ClN6O2S/c1-2-26-19(14-4-3-5-16(21)9-14)24-25-20(26)30-18-7-6-17(27(28)29)10-15(18)8-13(11-22)12-23/h3-10H,2H2,1H3. The van der Waals surface area contributed by atoms with Gasteiger partial charge in [-0.15, -0.1) is 10.2 Å². The zero-order valence-electron chi connectivity index (χ0n) is 15.6. The summed E-state index contributed by atoms with van der Waals surface area (Å²) in [5.41, 5.74) is 0.886. The fourth-order valence-electron chi connectivity index (χ4n) is 2.69. The first kappa shape index (κ1) is 21.1. The molecule has 0 saturated heterocycles. The van der Waals surface area contributed by atoms with Gasteiger partial charge in [0.05, 0.1) is 4.92 Å². The molecule has 8 nitrogen and oxygen atoms in total. The van der Waals surface area contributed by atoms with E-state index < -0.39 is 4.92 Å². The van der Waals surface area contributed by atoms with E-state index >= 15 is 0 Å². The molecule has 0 spiro atoms. The van der Waals surface area contributed by atoms with Crippen LogP contribution in [0.2, 0.25) is 5.02 Å². The minimum atomic E-state index is -0.532. The van der Waals surface area contributed by atoms with Gasteiger partial charge in [-0.3, -0.25) is 10.1 Å².